The quantitative estimate of drug-likeness (QED) is 0.398. The van der Waals surface area contributed by atoms with Crippen LogP contribution < -0.4 is 0 Å². The summed E-state index contributed by atoms with van der Waals surface area (Å²) in [6.45, 7) is 0. The Morgan fingerprint density at radius 1 is 1.57 bits per heavy atom. The lowest BCUT2D eigenvalue weighted by atomic mass is 10.2. The largest absolute Gasteiger partial charge is 0.0772 e. The third-order valence-electron chi connectivity index (χ3n) is 2.65. The van der Waals surface area contributed by atoms with E-state index in [-0.39, 0.29) is 0 Å². The van der Waals surface area contributed by atoms with Crippen molar-refractivity contribution in [1.29, 1.82) is 0 Å². The van der Waals surface area contributed by atoms with Gasteiger partial charge in [-0.05, 0) is 24.7 Å². The molecular formula is C7H8. The molecule has 0 aromatic carbocycles. The van der Waals surface area contributed by atoms with Gasteiger partial charge in [0, 0.05) is 5.92 Å². The summed E-state index contributed by atoms with van der Waals surface area (Å²) in [4.78, 5) is 0. The molecule has 0 N–H and O–H groups in total. The standard InChI is InChI=1S/C7H8/c1-4-2-6(4)7-3-5(1)7/h2,5-7H,1,3H2. The van der Waals surface area contributed by atoms with Crippen LogP contribution in [0.4, 0.5) is 0 Å². The molecule has 0 bridgehead atoms. The minimum absolute atomic E-state index is 1.05. The molecule has 0 aromatic rings. The predicted octanol–water partition coefficient (Wildman–Crippen LogP) is 1.58. The van der Waals surface area contributed by atoms with Crippen molar-refractivity contribution in [1.82, 2.24) is 0 Å². The van der Waals surface area contributed by atoms with Crippen LogP contribution in [0.3, 0.4) is 0 Å². The molecule has 0 nitrogen and oxygen atoms in total. The van der Waals surface area contributed by atoms with Gasteiger partial charge < -0.3 is 0 Å². The molecule has 3 atom stereocenters. The molecule has 36 valence electrons. The summed E-state index contributed by atoms with van der Waals surface area (Å²) in [6.07, 6.45) is 5.49. The summed E-state index contributed by atoms with van der Waals surface area (Å²) < 4.78 is 0. The average Bonchev–Trinajstić information content (AvgIpc) is 2.47. The second-order valence-corrected chi connectivity index (χ2v) is 3.13. The lowest BCUT2D eigenvalue weighted by molar-refractivity contribution is 0.752. The first-order valence-corrected chi connectivity index (χ1v) is 3.16. The fourth-order valence-corrected chi connectivity index (χ4v) is 2.03. The van der Waals surface area contributed by atoms with E-state index < -0.39 is 0 Å². The van der Waals surface area contributed by atoms with Crippen LogP contribution in [0, 0.1) is 17.8 Å². The molecule has 3 aliphatic rings. The lowest BCUT2D eigenvalue weighted by Crippen LogP contribution is -1.74. The summed E-state index contributed by atoms with van der Waals surface area (Å²) in [6, 6.07) is 0. The monoisotopic (exact) mass is 92.1 g/mol. The van der Waals surface area contributed by atoms with Gasteiger partial charge in [0.15, 0.2) is 0 Å². The van der Waals surface area contributed by atoms with Gasteiger partial charge in [0.2, 0.25) is 0 Å². The maximum atomic E-state index is 2.45. The van der Waals surface area contributed by atoms with E-state index in [1.165, 1.54) is 12.3 Å². The maximum absolute atomic E-state index is 2.45. The van der Waals surface area contributed by atoms with Gasteiger partial charge >= 0.3 is 0 Å². The van der Waals surface area contributed by atoms with E-state index in [9.17, 15) is 0 Å². The van der Waals surface area contributed by atoms with E-state index in [1.54, 1.807) is 12.0 Å². The SMILES string of the molecule is C1=C2CC3CC3C12. The van der Waals surface area contributed by atoms with E-state index in [1.807, 2.05) is 0 Å². The highest BCUT2D eigenvalue weighted by Gasteiger charge is 2.55. The normalized spacial score (nSPS) is 60.6. The molecule has 0 aromatic heterocycles. The highest BCUT2D eigenvalue weighted by molar-refractivity contribution is 5.39. The summed E-state index contributed by atoms with van der Waals surface area (Å²) in [5.41, 5.74) is 1.79. The van der Waals surface area contributed by atoms with Gasteiger partial charge in [0.05, 0.1) is 0 Å². The Bertz CT molecular complexity index is 155. The molecule has 0 heteroatoms. The van der Waals surface area contributed by atoms with Crippen molar-refractivity contribution < 1.29 is 0 Å². The van der Waals surface area contributed by atoms with Gasteiger partial charge in [-0.2, -0.15) is 0 Å². The first-order valence-electron chi connectivity index (χ1n) is 3.16. The third-order valence-corrected chi connectivity index (χ3v) is 2.65. The van der Waals surface area contributed by atoms with Crippen LogP contribution in [-0.4, -0.2) is 0 Å². The van der Waals surface area contributed by atoms with E-state index in [2.05, 4.69) is 6.08 Å². The molecule has 3 unspecified atom stereocenters. The topological polar surface area (TPSA) is 0 Å². The van der Waals surface area contributed by atoms with Crippen molar-refractivity contribution in [2.24, 2.45) is 17.8 Å². The average molecular weight is 92.1 g/mol. The molecule has 0 radical (unpaired) electrons. The van der Waals surface area contributed by atoms with Crippen molar-refractivity contribution in [2.45, 2.75) is 12.8 Å². The van der Waals surface area contributed by atoms with Crippen LogP contribution >= 0.6 is 0 Å². The molecule has 0 saturated heterocycles. The highest BCUT2D eigenvalue weighted by Crippen LogP contribution is 2.64. The number of hydrogen-bond acceptors (Lipinski definition) is 0. The fourth-order valence-electron chi connectivity index (χ4n) is 2.03. The third kappa shape index (κ3) is 0.206. The van der Waals surface area contributed by atoms with Gasteiger partial charge in [-0.3, -0.25) is 0 Å². The van der Waals surface area contributed by atoms with Gasteiger partial charge in [0.1, 0.15) is 0 Å². The van der Waals surface area contributed by atoms with Crippen LogP contribution in [-0.2, 0) is 0 Å². The zero-order valence-corrected chi connectivity index (χ0v) is 4.22. The Kier molecular flexibility index (Phi) is 0.247. The molecule has 0 amide bonds. The molecule has 2 fully saturated rings. The van der Waals surface area contributed by atoms with Crippen LogP contribution in [0.5, 0.6) is 0 Å². The summed E-state index contributed by atoms with van der Waals surface area (Å²) >= 11 is 0. The van der Waals surface area contributed by atoms with Gasteiger partial charge in [-0.25, -0.2) is 0 Å². The van der Waals surface area contributed by atoms with Crippen molar-refractivity contribution in [3.63, 3.8) is 0 Å². The first kappa shape index (κ1) is 2.91. The molecular weight excluding hydrogens is 84.1 g/mol. The molecule has 2 saturated carbocycles. The second-order valence-electron chi connectivity index (χ2n) is 3.13. The first-order chi connectivity index (χ1) is 3.45. The van der Waals surface area contributed by atoms with E-state index in [0.29, 0.717) is 0 Å². The van der Waals surface area contributed by atoms with Crippen LogP contribution in [0.2, 0.25) is 0 Å². The number of rotatable bonds is 0. The molecule has 0 spiro atoms. The number of allylic oxidation sites excluding steroid dienone is 2. The van der Waals surface area contributed by atoms with Crippen molar-refractivity contribution >= 4 is 0 Å². The lowest BCUT2D eigenvalue weighted by Gasteiger charge is -1.80. The minimum Gasteiger partial charge on any atom is -0.0772 e. The molecule has 0 heterocycles. The second kappa shape index (κ2) is 0.594. The van der Waals surface area contributed by atoms with Crippen molar-refractivity contribution in [3.8, 4) is 0 Å². The molecule has 3 rings (SSSR count). The van der Waals surface area contributed by atoms with E-state index in [4.69, 9.17) is 0 Å². The number of hydrogen-bond donors (Lipinski definition) is 0. The smallest absolute Gasteiger partial charge is 0.00111 e. The minimum atomic E-state index is 1.05. The summed E-state index contributed by atoms with van der Waals surface area (Å²) in [5.74, 6) is 3.38. The van der Waals surface area contributed by atoms with E-state index >= 15 is 0 Å². The Balaban J connectivity index is 2.09. The van der Waals surface area contributed by atoms with Crippen LogP contribution in [0.1, 0.15) is 12.8 Å². The Morgan fingerprint density at radius 2 is 2.57 bits per heavy atom. The Morgan fingerprint density at radius 3 is 3.00 bits per heavy atom. The van der Waals surface area contributed by atoms with Crippen molar-refractivity contribution in [3.05, 3.63) is 11.6 Å². The molecule has 3 aliphatic carbocycles. The zero-order chi connectivity index (χ0) is 4.43. The Labute approximate surface area is 43.2 Å². The maximum Gasteiger partial charge on any atom is 0.00111 e. The number of fused-ring (bicyclic) bond motifs is 3. The predicted molar refractivity (Wildman–Crippen MR) is 27.8 cm³/mol. The van der Waals surface area contributed by atoms with E-state index in [0.717, 1.165) is 11.8 Å². The highest BCUT2D eigenvalue weighted by atomic mass is 14.6. The molecule has 0 aliphatic heterocycles. The van der Waals surface area contributed by atoms with Gasteiger partial charge in [0.25, 0.3) is 0 Å². The van der Waals surface area contributed by atoms with Gasteiger partial charge in [-0.1, -0.05) is 11.6 Å². The molecule has 7 heavy (non-hydrogen) atoms. The van der Waals surface area contributed by atoms with Crippen LogP contribution in [0.15, 0.2) is 11.6 Å². The zero-order valence-electron chi connectivity index (χ0n) is 4.22. The van der Waals surface area contributed by atoms with Crippen molar-refractivity contribution in [2.75, 3.05) is 0 Å². The van der Waals surface area contributed by atoms with Gasteiger partial charge in [-0.15, -0.1) is 0 Å². The fraction of sp³-hybridized carbons (Fsp3) is 0.714. The summed E-state index contributed by atoms with van der Waals surface area (Å²) in [7, 11) is 0. The summed E-state index contributed by atoms with van der Waals surface area (Å²) in [5, 5.41) is 0. The Hall–Kier alpha value is -0.260. The van der Waals surface area contributed by atoms with Crippen LogP contribution in [0.25, 0.3) is 0 Å².